The lowest BCUT2D eigenvalue weighted by Gasteiger charge is -2.19. The maximum absolute atomic E-state index is 12.9. The summed E-state index contributed by atoms with van der Waals surface area (Å²) >= 11 is 0. The Labute approximate surface area is 191 Å². The van der Waals surface area contributed by atoms with Gasteiger partial charge in [-0.15, -0.1) is 5.10 Å². The Balaban J connectivity index is 1.77. The summed E-state index contributed by atoms with van der Waals surface area (Å²) in [6, 6.07) is 9.95. The minimum atomic E-state index is -0.669. The first kappa shape index (κ1) is 22.4. The maximum atomic E-state index is 12.9. The molecule has 0 aliphatic rings. The minimum absolute atomic E-state index is 0.292. The molecule has 3 aromatic heterocycles. The van der Waals surface area contributed by atoms with Crippen molar-refractivity contribution < 1.29 is 19.0 Å². The van der Waals surface area contributed by atoms with Crippen LogP contribution in [0.2, 0.25) is 0 Å². The van der Waals surface area contributed by atoms with Crippen molar-refractivity contribution in [2.45, 2.75) is 32.9 Å². The van der Waals surface area contributed by atoms with Gasteiger partial charge in [-0.05, 0) is 26.3 Å². The van der Waals surface area contributed by atoms with Crippen LogP contribution in [0.25, 0.3) is 22.3 Å². The Morgan fingerprint density at radius 2 is 1.85 bits per heavy atom. The average Bonchev–Trinajstić information content (AvgIpc) is 3.38. The van der Waals surface area contributed by atoms with Crippen LogP contribution in [0.5, 0.6) is 5.88 Å². The van der Waals surface area contributed by atoms with Gasteiger partial charge < -0.3 is 14.2 Å². The third-order valence-corrected chi connectivity index (χ3v) is 4.67. The number of aromatic nitrogens is 6. The Morgan fingerprint density at radius 1 is 1.06 bits per heavy atom. The van der Waals surface area contributed by atoms with Gasteiger partial charge in [0.05, 0.1) is 24.7 Å². The van der Waals surface area contributed by atoms with Gasteiger partial charge in [0.1, 0.15) is 24.2 Å². The van der Waals surface area contributed by atoms with Crippen molar-refractivity contribution in [1.29, 1.82) is 0 Å². The summed E-state index contributed by atoms with van der Waals surface area (Å²) in [7, 11) is 1.59. The van der Waals surface area contributed by atoms with E-state index in [2.05, 4.69) is 20.3 Å². The predicted molar refractivity (Wildman–Crippen MR) is 121 cm³/mol. The van der Waals surface area contributed by atoms with Crippen molar-refractivity contribution in [2.75, 3.05) is 20.3 Å². The number of fused-ring (bicyclic) bond motifs is 1. The molecule has 3 heterocycles. The van der Waals surface area contributed by atoms with E-state index in [0.29, 0.717) is 47.9 Å². The molecule has 0 fully saturated rings. The summed E-state index contributed by atoms with van der Waals surface area (Å²) < 4.78 is 19.5. The van der Waals surface area contributed by atoms with Crippen LogP contribution in [-0.4, -0.2) is 61.5 Å². The van der Waals surface area contributed by atoms with E-state index in [1.165, 1.54) is 10.9 Å². The molecule has 0 spiro atoms. The number of carbonyl (C=O) groups excluding carboxylic acids is 1. The molecule has 33 heavy (non-hydrogen) atoms. The number of carbonyl (C=O) groups is 1. The van der Waals surface area contributed by atoms with Gasteiger partial charge in [-0.25, -0.2) is 24.0 Å². The van der Waals surface area contributed by atoms with E-state index in [-0.39, 0.29) is 0 Å². The van der Waals surface area contributed by atoms with Crippen LogP contribution in [-0.2, 0) is 16.0 Å². The van der Waals surface area contributed by atoms with Crippen molar-refractivity contribution >= 4 is 17.1 Å². The van der Waals surface area contributed by atoms with Crippen molar-refractivity contribution in [3.63, 3.8) is 0 Å². The molecule has 0 atom stereocenters. The number of hydrogen-bond donors (Lipinski definition) is 0. The van der Waals surface area contributed by atoms with Gasteiger partial charge in [-0.2, -0.15) is 0 Å². The van der Waals surface area contributed by atoms with E-state index >= 15 is 0 Å². The summed E-state index contributed by atoms with van der Waals surface area (Å²) in [6.07, 6.45) is 4.24. The fourth-order valence-electron chi connectivity index (χ4n) is 3.28. The average molecular weight is 450 g/mol. The van der Waals surface area contributed by atoms with Gasteiger partial charge in [-0.1, -0.05) is 35.5 Å². The second-order valence-corrected chi connectivity index (χ2v) is 8.40. The zero-order valence-electron chi connectivity index (χ0n) is 19.1. The molecular weight excluding hydrogens is 424 g/mol. The summed E-state index contributed by atoms with van der Waals surface area (Å²) in [6.45, 7) is 6.66. The van der Waals surface area contributed by atoms with Gasteiger partial charge in [0.15, 0.2) is 5.65 Å². The highest BCUT2D eigenvalue weighted by molar-refractivity contribution is 6.00. The highest BCUT2D eigenvalue weighted by Crippen LogP contribution is 2.34. The van der Waals surface area contributed by atoms with E-state index in [1.807, 2.05) is 36.5 Å². The first-order chi connectivity index (χ1) is 15.9. The summed E-state index contributed by atoms with van der Waals surface area (Å²) in [4.78, 5) is 21.5. The van der Waals surface area contributed by atoms with Crippen LogP contribution in [0.15, 0.2) is 49.1 Å². The highest BCUT2D eigenvalue weighted by atomic mass is 16.6. The molecule has 4 rings (SSSR count). The van der Waals surface area contributed by atoms with Crippen molar-refractivity contribution in [3.8, 4) is 17.1 Å². The van der Waals surface area contributed by atoms with Crippen LogP contribution in [0.3, 0.4) is 0 Å². The molecule has 1 aromatic carbocycles. The van der Waals surface area contributed by atoms with E-state index in [9.17, 15) is 4.79 Å². The number of methoxy groups -OCH3 is 1. The molecule has 10 nitrogen and oxygen atoms in total. The molecule has 0 bridgehead atoms. The van der Waals surface area contributed by atoms with Gasteiger partial charge in [0, 0.05) is 18.9 Å². The van der Waals surface area contributed by atoms with E-state index in [1.54, 1.807) is 38.8 Å². The Kier molecular flexibility index (Phi) is 6.36. The fourth-order valence-corrected chi connectivity index (χ4v) is 3.28. The number of hydrogen-bond acceptors (Lipinski definition) is 8. The second-order valence-electron chi connectivity index (χ2n) is 8.40. The summed E-state index contributed by atoms with van der Waals surface area (Å²) in [5.41, 5.74) is 1.96. The Bertz CT molecular complexity index is 1240. The zero-order valence-corrected chi connectivity index (χ0v) is 19.1. The third kappa shape index (κ3) is 5.17. The van der Waals surface area contributed by atoms with E-state index < -0.39 is 11.7 Å². The lowest BCUT2D eigenvalue weighted by Crippen LogP contribution is -2.26. The minimum Gasteiger partial charge on any atom is -0.475 e. The lowest BCUT2D eigenvalue weighted by molar-refractivity contribution is 0.0543. The largest absolute Gasteiger partial charge is 0.475 e. The van der Waals surface area contributed by atoms with E-state index in [0.717, 1.165) is 5.56 Å². The highest BCUT2D eigenvalue weighted by Gasteiger charge is 2.25. The summed E-state index contributed by atoms with van der Waals surface area (Å²) in [5.74, 6) is 0.326. The molecule has 0 unspecified atom stereocenters. The van der Waals surface area contributed by atoms with Crippen LogP contribution in [0.4, 0.5) is 4.79 Å². The van der Waals surface area contributed by atoms with Gasteiger partial charge >= 0.3 is 6.09 Å². The molecule has 0 saturated heterocycles. The molecule has 4 aromatic rings. The smallest absolute Gasteiger partial charge is 0.420 e. The molecular formula is C23H26N6O4. The van der Waals surface area contributed by atoms with Crippen molar-refractivity contribution in [3.05, 3.63) is 54.6 Å². The molecule has 0 aliphatic heterocycles. The number of nitrogens with zero attached hydrogens (tertiary/aromatic N) is 6. The molecule has 0 N–H and O–H groups in total. The molecule has 0 radical (unpaired) electrons. The topological polar surface area (TPSA) is 106 Å². The maximum Gasteiger partial charge on any atom is 0.420 e. The second kappa shape index (κ2) is 9.37. The van der Waals surface area contributed by atoms with Crippen molar-refractivity contribution in [1.82, 2.24) is 29.5 Å². The van der Waals surface area contributed by atoms with Gasteiger partial charge in [-0.3, -0.25) is 0 Å². The third-order valence-electron chi connectivity index (χ3n) is 4.67. The molecule has 0 saturated carbocycles. The van der Waals surface area contributed by atoms with E-state index in [4.69, 9.17) is 14.2 Å². The van der Waals surface area contributed by atoms with Crippen molar-refractivity contribution in [2.24, 2.45) is 0 Å². The van der Waals surface area contributed by atoms with Crippen LogP contribution < -0.4 is 4.74 Å². The van der Waals surface area contributed by atoms with Crippen LogP contribution >= 0.6 is 0 Å². The molecule has 0 amide bonds. The molecule has 10 heteroatoms. The monoisotopic (exact) mass is 450 g/mol. The fraction of sp³-hybridized carbons (Fsp3) is 0.348. The lowest BCUT2D eigenvalue weighted by atomic mass is 10.2. The van der Waals surface area contributed by atoms with Crippen LogP contribution in [0.1, 0.15) is 26.3 Å². The number of ether oxygens (including phenoxy) is 3. The summed E-state index contributed by atoms with van der Waals surface area (Å²) in [5, 5.41) is 9.13. The Morgan fingerprint density at radius 3 is 2.58 bits per heavy atom. The quantitative estimate of drug-likeness (QED) is 0.394. The van der Waals surface area contributed by atoms with Crippen LogP contribution in [0, 0.1) is 0 Å². The number of rotatable bonds is 7. The first-order valence-corrected chi connectivity index (χ1v) is 10.5. The van der Waals surface area contributed by atoms with Gasteiger partial charge in [0.2, 0.25) is 5.88 Å². The zero-order chi connectivity index (χ0) is 23.4. The Hall–Kier alpha value is -3.79. The first-order valence-electron chi connectivity index (χ1n) is 10.5. The number of benzene rings is 1. The predicted octanol–water partition coefficient (Wildman–Crippen LogP) is 3.55. The normalized spacial score (nSPS) is 11.6. The standard InChI is InChI=1S/C23H26N6O4/c1-23(2,3)33-22(30)29-13-17(19-20(29)24-15-25-21(19)32-11-10-31-4)18-14-28(27-26-18)12-16-8-6-5-7-9-16/h5-9,13-15H,10-12H2,1-4H3. The SMILES string of the molecule is COCCOc1ncnc2c1c(-c1cn(Cc3ccccc3)nn1)cn2C(=O)OC(C)(C)C. The van der Waals surface area contributed by atoms with Gasteiger partial charge in [0.25, 0.3) is 0 Å². The molecule has 0 aliphatic carbocycles. The molecule has 172 valence electrons.